The van der Waals surface area contributed by atoms with Gasteiger partial charge in [0.1, 0.15) is 0 Å². The second kappa shape index (κ2) is 8.49. The maximum absolute atomic E-state index is 13.0. The molecule has 0 aromatic heterocycles. The number of rotatable bonds is 4. The Morgan fingerprint density at radius 1 is 1.07 bits per heavy atom. The number of benzene rings is 2. The predicted molar refractivity (Wildman–Crippen MR) is 113 cm³/mol. The van der Waals surface area contributed by atoms with Gasteiger partial charge in [0, 0.05) is 26.2 Å². The van der Waals surface area contributed by atoms with Gasteiger partial charge in [0.15, 0.2) is 0 Å². The third kappa shape index (κ3) is 4.17. The van der Waals surface area contributed by atoms with Crippen LogP contribution in [0.25, 0.3) is 6.08 Å². The number of fused-ring (bicyclic) bond motifs is 1. The average Bonchev–Trinajstić information content (AvgIpc) is 2.75. The Bertz CT molecular complexity index is 934. The molecule has 0 bridgehead atoms. The molecule has 2 aliphatic heterocycles. The van der Waals surface area contributed by atoms with Crippen molar-refractivity contribution in [3.05, 3.63) is 65.9 Å². The molecule has 2 amide bonds. The van der Waals surface area contributed by atoms with Gasteiger partial charge in [-0.2, -0.15) is 0 Å². The van der Waals surface area contributed by atoms with Crippen LogP contribution in [0.3, 0.4) is 0 Å². The highest BCUT2D eigenvalue weighted by Crippen LogP contribution is 2.34. The summed E-state index contributed by atoms with van der Waals surface area (Å²) in [5.41, 5.74) is 3.81. The molecule has 4 rings (SSSR count). The van der Waals surface area contributed by atoms with Crippen molar-refractivity contribution in [1.82, 2.24) is 4.90 Å². The van der Waals surface area contributed by atoms with E-state index in [0.717, 1.165) is 35.6 Å². The van der Waals surface area contributed by atoms with Gasteiger partial charge in [0.25, 0.3) is 0 Å². The SMILES string of the molecule is CC(=O)N1C=Cc2ccccc2[C@@H]1CC(=O)Nc1ccccc1N1CCOCC1. The van der Waals surface area contributed by atoms with Crippen LogP contribution < -0.4 is 10.2 Å². The monoisotopic (exact) mass is 391 g/mol. The van der Waals surface area contributed by atoms with Crippen molar-refractivity contribution < 1.29 is 14.3 Å². The highest BCUT2D eigenvalue weighted by molar-refractivity contribution is 5.95. The first-order chi connectivity index (χ1) is 14.1. The molecule has 1 atom stereocenters. The van der Waals surface area contributed by atoms with Gasteiger partial charge >= 0.3 is 0 Å². The number of morpholine rings is 1. The average molecular weight is 391 g/mol. The lowest BCUT2D eigenvalue weighted by molar-refractivity contribution is -0.129. The molecule has 0 aliphatic carbocycles. The van der Waals surface area contributed by atoms with Crippen LogP contribution in [-0.4, -0.2) is 43.0 Å². The number of nitrogens with zero attached hydrogens (tertiary/aromatic N) is 2. The van der Waals surface area contributed by atoms with E-state index >= 15 is 0 Å². The highest BCUT2D eigenvalue weighted by atomic mass is 16.5. The lowest BCUT2D eigenvalue weighted by Crippen LogP contribution is -2.37. The van der Waals surface area contributed by atoms with E-state index in [0.29, 0.717) is 13.2 Å². The number of ether oxygens (including phenoxy) is 1. The van der Waals surface area contributed by atoms with Crippen molar-refractivity contribution in [3.63, 3.8) is 0 Å². The van der Waals surface area contributed by atoms with Crippen LogP contribution in [0.5, 0.6) is 0 Å². The molecule has 6 nitrogen and oxygen atoms in total. The van der Waals surface area contributed by atoms with Crippen LogP contribution in [0.15, 0.2) is 54.7 Å². The van der Waals surface area contributed by atoms with Crippen LogP contribution in [0.4, 0.5) is 11.4 Å². The maximum atomic E-state index is 13.0. The normalized spacial score (nSPS) is 18.3. The topological polar surface area (TPSA) is 61.9 Å². The summed E-state index contributed by atoms with van der Waals surface area (Å²) in [4.78, 5) is 29.0. The molecule has 2 aromatic carbocycles. The van der Waals surface area contributed by atoms with Crippen LogP contribution >= 0.6 is 0 Å². The van der Waals surface area contributed by atoms with Gasteiger partial charge in [0.05, 0.1) is 37.1 Å². The second-order valence-corrected chi connectivity index (χ2v) is 7.26. The fraction of sp³-hybridized carbons (Fsp3) is 0.304. The van der Waals surface area contributed by atoms with E-state index in [1.54, 1.807) is 11.1 Å². The third-order valence-corrected chi connectivity index (χ3v) is 5.38. The van der Waals surface area contributed by atoms with Crippen molar-refractivity contribution in [3.8, 4) is 0 Å². The first-order valence-corrected chi connectivity index (χ1v) is 9.91. The van der Waals surface area contributed by atoms with Crippen LogP contribution in [-0.2, 0) is 14.3 Å². The number of carbonyl (C=O) groups is 2. The molecule has 1 fully saturated rings. The standard InChI is InChI=1S/C23H25N3O3/c1-17(27)26-11-10-18-6-2-3-7-19(18)22(26)16-23(28)24-20-8-4-5-9-21(20)25-12-14-29-15-13-25/h2-11,22H,12-16H2,1H3,(H,24,28)/t22-/m0/s1. The van der Waals surface area contributed by atoms with Crippen LogP contribution in [0.1, 0.15) is 30.5 Å². The van der Waals surface area contributed by atoms with Gasteiger partial charge < -0.3 is 19.9 Å². The van der Waals surface area contributed by atoms with Gasteiger partial charge in [-0.15, -0.1) is 0 Å². The minimum atomic E-state index is -0.316. The number of carbonyl (C=O) groups excluding carboxylic acids is 2. The Morgan fingerprint density at radius 3 is 2.59 bits per heavy atom. The van der Waals surface area contributed by atoms with Gasteiger partial charge in [-0.05, 0) is 29.3 Å². The van der Waals surface area contributed by atoms with Crippen LogP contribution in [0, 0.1) is 0 Å². The lowest BCUT2D eigenvalue weighted by Gasteiger charge is -2.33. The number of nitrogens with one attached hydrogen (secondary N) is 1. The Labute approximate surface area is 170 Å². The molecule has 0 spiro atoms. The van der Waals surface area contributed by atoms with Gasteiger partial charge in [-0.25, -0.2) is 0 Å². The molecule has 2 aliphatic rings. The Kier molecular flexibility index (Phi) is 5.62. The first kappa shape index (κ1) is 19.2. The zero-order valence-corrected chi connectivity index (χ0v) is 16.5. The molecule has 1 saturated heterocycles. The molecule has 150 valence electrons. The van der Waals surface area contributed by atoms with E-state index in [2.05, 4.69) is 10.2 Å². The van der Waals surface area contributed by atoms with Crippen molar-refractivity contribution in [2.24, 2.45) is 0 Å². The highest BCUT2D eigenvalue weighted by Gasteiger charge is 2.28. The van der Waals surface area contributed by atoms with Crippen molar-refractivity contribution in [2.45, 2.75) is 19.4 Å². The minimum Gasteiger partial charge on any atom is -0.378 e. The summed E-state index contributed by atoms with van der Waals surface area (Å²) in [5, 5.41) is 3.06. The first-order valence-electron chi connectivity index (χ1n) is 9.91. The quantitative estimate of drug-likeness (QED) is 0.868. The van der Waals surface area contributed by atoms with E-state index in [9.17, 15) is 9.59 Å². The van der Waals surface area contributed by atoms with Gasteiger partial charge in [0.2, 0.25) is 11.8 Å². The molecule has 2 heterocycles. The van der Waals surface area contributed by atoms with Crippen molar-refractivity contribution in [1.29, 1.82) is 0 Å². The minimum absolute atomic E-state index is 0.0812. The predicted octanol–water partition coefficient (Wildman–Crippen LogP) is 3.43. The van der Waals surface area contributed by atoms with Gasteiger partial charge in [-0.3, -0.25) is 9.59 Å². The summed E-state index contributed by atoms with van der Waals surface area (Å²) in [5.74, 6) is -0.200. The number of anilines is 2. The van der Waals surface area contributed by atoms with Crippen molar-refractivity contribution >= 4 is 29.3 Å². The second-order valence-electron chi connectivity index (χ2n) is 7.26. The van der Waals surface area contributed by atoms with Crippen molar-refractivity contribution in [2.75, 3.05) is 36.5 Å². The number of hydrogen-bond acceptors (Lipinski definition) is 4. The smallest absolute Gasteiger partial charge is 0.226 e. The molecule has 0 saturated carbocycles. The molecule has 2 aromatic rings. The van der Waals surface area contributed by atoms with E-state index < -0.39 is 0 Å². The third-order valence-electron chi connectivity index (χ3n) is 5.38. The van der Waals surface area contributed by atoms with E-state index in [4.69, 9.17) is 4.74 Å². The number of hydrogen-bond donors (Lipinski definition) is 1. The molecule has 6 heteroatoms. The summed E-state index contributed by atoms with van der Waals surface area (Å²) in [6.07, 6.45) is 3.88. The summed E-state index contributed by atoms with van der Waals surface area (Å²) in [6.45, 7) is 4.48. The number of para-hydroxylation sites is 2. The molecule has 29 heavy (non-hydrogen) atoms. The Morgan fingerprint density at radius 2 is 1.79 bits per heavy atom. The zero-order chi connectivity index (χ0) is 20.2. The van der Waals surface area contributed by atoms with E-state index in [1.165, 1.54) is 6.92 Å². The van der Waals surface area contributed by atoms with Crippen LogP contribution in [0.2, 0.25) is 0 Å². The number of amides is 2. The fourth-order valence-corrected chi connectivity index (χ4v) is 3.95. The van der Waals surface area contributed by atoms with E-state index in [1.807, 2.05) is 54.6 Å². The zero-order valence-electron chi connectivity index (χ0n) is 16.5. The summed E-state index contributed by atoms with van der Waals surface area (Å²) in [7, 11) is 0. The largest absolute Gasteiger partial charge is 0.378 e. The molecular formula is C23H25N3O3. The molecule has 1 N–H and O–H groups in total. The summed E-state index contributed by atoms with van der Waals surface area (Å²) < 4.78 is 5.44. The Balaban J connectivity index is 1.54. The fourth-order valence-electron chi connectivity index (χ4n) is 3.95. The maximum Gasteiger partial charge on any atom is 0.226 e. The van der Waals surface area contributed by atoms with Gasteiger partial charge in [-0.1, -0.05) is 36.4 Å². The molecule has 0 unspecified atom stereocenters. The Hall–Kier alpha value is -3.12. The molecular weight excluding hydrogens is 366 g/mol. The molecule has 0 radical (unpaired) electrons. The lowest BCUT2D eigenvalue weighted by atomic mass is 9.93. The van der Waals surface area contributed by atoms with E-state index in [-0.39, 0.29) is 24.3 Å². The summed E-state index contributed by atoms with van der Waals surface area (Å²) in [6, 6.07) is 15.4. The summed E-state index contributed by atoms with van der Waals surface area (Å²) >= 11 is 0.